The third-order valence-corrected chi connectivity index (χ3v) is 3.63. The van der Waals surface area contributed by atoms with Crippen molar-refractivity contribution in [3.8, 4) is 5.75 Å². The number of hydrogen-bond acceptors (Lipinski definition) is 4. The average Bonchev–Trinajstić information content (AvgIpc) is 2.59. The third kappa shape index (κ3) is 4.03. The lowest BCUT2D eigenvalue weighted by molar-refractivity contribution is 0.414. The summed E-state index contributed by atoms with van der Waals surface area (Å²) in [4.78, 5) is 8.92. The van der Waals surface area contributed by atoms with Gasteiger partial charge >= 0.3 is 0 Å². The van der Waals surface area contributed by atoms with Gasteiger partial charge in [0.25, 0.3) is 0 Å². The molecule has 120 valence electrons. The highest BCUT2D eigenvalue weighted by molar-refractivity contribution is 6.16. The number of nitrogens with zero attached hydrogens (tertiary/aromatic N) is 2. The molecule has 0 saturated heterocycles. The minimum absolute atomic E-state index is 0. The molecule has 3 aromatic rings. The molecule has 0 atom stereocenters. The van der Waals surface area contributed by atoms with Crippen molar-refractivity contribution in [1.29, 1.82) is 0 Å². The Hall–Kier alpha value is -2.04. The van der Waals surface area contributed by atoms with Crippen molar-refractivity contribution < 1.29 is 4.74 Å². The predicted molar refractivity (Wildman–Crippen MR) is 96.7 cm³/mol. The molecule has 0 fully saturated rings. The van der Waals surface area contributed by atoms with Gasteiger partial charge < -0.3 is 10.1 Å². The summed E-state index contributed by atoms with van der Waals surface area (Å²) in [6.07, 6.45) is 0. The number of nitrogens with one attached hydrogen (secondary N) is 1. The summed E-state index contributed by atoms with van der Waals surface area (Å²) < 4.78 is 5.16. The maximum absolute atomic E-state index is 5.88. The molecule has 0 aliphatic heterocycles. The molecule has 3 rings (SSSR count). The van der Waals surface area contributed by atoms with E-state index in [1.54, 1.807) is 7.11 Å². The van der Waals surface area contributed by atoms with Gasteiger partial charge in [-0.3, -0.25) is 0 Å². The summed E-state index contributed by atoms with van der Waals surface area (Å²) in [5.74, 6) is 2.57. The largest absolute Gasteiger partial charge is 0.497 e. The number of ether oxygens (including phenoxy) is 1. The second-order valence-electron chi connectivity index (χ2n) is 4.84. The fourth-order valence-corrected chi connectivity index (χ4v) is 2.37. The Morgan fingerprint density at radius 2 is 1.78 bits per heavy atom. The van der Waals surface area contributed by atoms with Crippen LogP contribution >= 0.6 is 24.0 Å². The van der Waals surface area contributed by atoms with Crippen molar-refractivity contribution in [3.63, 3.8) is 0 Å². The Morgan fingerprint density at radius 3 is 2.48 bits per heavy atom. The molecule has 4 nitrogen and oxygen atoms in total. The quantitative estimate of drug-likeness (QED) is 0.693. The minimum atomic E-state index is 0. The molecule has 1 N–H and O–H groups in total. The van der Waals surface area contributed by atoms with Crippen LogP contribution in [0.3, 0.4) is 0 Å². The van der Waals surface area contributed by atoms with E-state index in [1.165, 1.54) is 0 Å². The van der Waals surface area contributed by atoms with E-state index in [0.29, 0.717) is 18.2 Å². The van der Waals surface area contributed by atoms with Gasteiger partial charge in [0, 0.05) is 11.9 Å². The number of anilines is 1. The summed E-state index contributed by atoms with van der Waals surface area (Å²) >= 11 is 5.88. The molecule has 1 aromatic heterocycles. The summed E-state index contributed by atoms with van der Waals surface area (Å²) in [6, 6.07) is 15.8. The molecule has 1 heterocycles. The molecule has 0 spiro atoms. The number of para-hydroxylation sites is 1. The molecular formula is C17H17Cl2N3O. The van der Waals surface area contributed by atoms with Crippen molar-refractivity contribution >= 4 is 40.7 Å². The lowest BCUT2D eigenvalue weighted by atomic mass is 10.2. The van der Waals surface area contributed by atoms with Crippen molar-refractivity contribution in [1.82, 2.24) is 9.97 Å². The Bertz CT molecular complexity index is 778. The first kappa shape index (κ1) is 17.3. The third-order valence-electron chi connectivity index (χ3n) is 3.39. The highest BCUT2D eigenvalue weighted by Crippen LogP contribution is 2.21. The van der Waals surface area contributed by atoms with Crippen molar-refractivity contribution in [2.75, 3.05) is 12.4 Å². The smallest absolute Gasteiger partial charge is 0.146 e. The number of fused-ring (bicyclic) bond motifs is 1. The standard InChI is InChI=1S/C17H16ClN3O.ClH/c1-22-13-8-6-12(7-9-13)11-19-17-14-4-2-3-5-15(14)20-16(10-18)21-17;/h2-9H,10-11H2,1H3,(H,19,20,21);1H. The zero-order valence-corrected chi connectivity index (χ0v) is 14.2. The Labute approximate surface area is 146 Å². The van der Waals surface area contributed by atoms with E-state index in [4.69, 9.17) is 16.3 Å². The lowest BCUT2D eigenvalue weighted by Gasteiger charge is -2.10. The van der Waals surface area contributed by atoms with Crippen LogP contribution in [-0.2, 0) is 12.4 Å². The van der Waals surface area contributed by atoms with Crippen LogP contribution in [0.2, 0.25) is 0 Å². The van der Waals surface area contributed by atoms with Crippen molar-refractivity contribution in [3.05, 3.63) is 59.9 Å². The summed E-state index contributed by atoms with van der Waals surface area (Å²) in [5.41, 5.74) is 2.04. The minimum Gasteiger partial charge on any atom is -0.497 e. The molecule has 0 amide bonds. The van der Waals surface area contributed by atoms with Crippen LogP contribution in [0.5, 0.6) is 5.75 Å². The number of aromatic nitrogens is 2. The van der Waals surface area contributed by atoms with Gasteiger partial charge in [-0.25, -0.2) is 9.97 Å². The van der Waals surface area contributed by atoms with Crippen LogP contribution in [0.1, 0.15) is 11.4 Å². The zero-order valence-electron chi connectivity index (χ0n) is 12.6. The molecule has 0 radical (unpaired) electrons. The summed E-state index contributed by atoms with van der Waals surface area (Å²) in [7, 11) is 1.66. The van der Waals surface area contributed by atoms with Gasteiger partial charge in [0.05, 0.1) is 18.5 Å². The monoisotopic (exact) mass is 349 g/mol. The first-order chi connectivity index (χ1) is 10.8. The SMILES string of the molecule is COc1ccc(CNc2nc(CCl)nc3ccccc23)cc1.Cl. The van der Waals surface area contributed by atoms with E-state index in [9.17, 15) is 0 Å². The molecule has 6 heteroatoms. The van der Waals surface area contributed by atoms with E-state index in [1.807, 2.05) is 48.5 Å². The van der Waals surface area contributed by atoms with Gasteiger partial charge in [-0.05, 0) is 29.8 Å². The molecule has 0 aliphatic carbocycles. The van der Waals surface area contributed by atoms with Crippen LogP contribution in [-0.4, -0.2) is 17.1 Å². The van der Waals surface area contributed by atoms with Gasteiger partial charge in [0.2, 0.25) is 0 Å². The van der Waals surface area contributed by atoms with Gasteiger partial charge in [0.15, 0.2) is 0 Å². The van der Waals surface area contributed by atoms with E-state index in [2.05, 4.69) is 15.3 Å². The van der Waals surface area contributed by atoms with E-state index in [-0.39, 0.29) is 12.4 Å². The average molecular weight is 350 g/mol. The van der Waals surface area contributed by atoms with Crippen LogP contribution in [0.4, 0.5) is 5.82 Å². The molecule has 23 heavy (non-hydrogen) atoms. The second-order valence-corrected chi connectivity index (χ2v) is 5.11. The second kappa shape index (κ2) is 7.99. The van der Waals surface area contributed by atoms with Crippen LogP contribution < -0.4 is 10.1 Å². The molecule has 0 aliphatic rings. The maximum atomic E-state index is 5.88. The summed E-state index contributed by atoms with van der Waals surface area (Å²) in [5, 5.41) is 4.36. The number of alkyl halides is 1. The zero-order chi connectivity index (χ0) is 15.4. The van der Waals surface area contributed by atoms with Crippen LogP contribution in [0.15, 0.2) is 48.5 Å². The Balaban J connectivity index is 0.00000192. The Kier molecular flexibility index (Phi) is 6.02. The number of methoxy groups -OCH3 is 1. The maximum Gasteiger partial charge on any atom is 0.146 e. The lowest BCUT2D eigenvalue weighted by Crippen LogP contribution is -2.05. The number of halogens is 2. The molecule has 0 saturated carbocycles. The number of benzene rings is 2. The van der Waals surface area contributed by atoms with Crippen molar-refractivity contribution in [2.24, 2.45) is 0 Å². The number of rotatable bonds is 5. The van der Waals surface area contributed by atoms with Gasteiger partial charge in [0.1, 0.15) is 17.4 Å². The Morgan fingerprint density at radius 1 is 1.04 bits per heavy atom. The predicted octanol–water partition coefficient (Wildman–Crippen LogP) is 4.41. The van der Waals surface area contributed by atoms with E-state index < -0.39 is 0 Å². The fraction of sp³-hybridized carbons (Fsp3) is 0.176. The van der Waals surface area contributed by atoms with E-state index >= 15 is 0 Å². The molecule has 0 bridgehead atoms. The van der Waals surface area contributed by atoms with Crippen molar-refractivity contribution in [2.45, 2.75) is 12.4 Å². The van der Waals surface area contributed by atoms with Gasteiger partial charge in [-0.1, -0.05) is 24.3 Å². The molecule has 0 unspecified atom stereocenters. The first-order valence-electron chi connectivity index (χ1n) is 6.98. The number of hydrogen-bond donors (Lipinski definition) is 1. The normalized spacial score (nSPS) is 10.2. The molecule has 2 aromatic carbocycles. The summed E-state index contributed by atoms with van der Waals surface area (Å²) in [6.45, 7) is 0.673. The highest BCUT2D eigenvalue weighted by Gasteiger charge is 2.06. The van der Waals surface area contributed by atoms with Crippen LogP contribution in [0, 0.1) is 0 Å². The highest BCUT2D eigenvalue weighted by atomic mass is 35.5. The molecular weight excluding hydrogens is 333 g/mol. The fourth-order valence-electron chi connectivity index (χ4n) is 2.25. The van der Waals surface area contributed by atoms with Gasteiger partial charge in [-0.15, -0.1) is 24.0 Å². The van der Waals surface area contributed by atoms with Gasteiger partial charge in [-0.2, -0.15) is 0 Å². The van der Waals surface area contributed by atoms with E-state index in [0.717, 1.165) is 28.0 Å². The first-order valence-corrected chi connectivity index (χ1v) is 7.52. The topological polar surface area (TPSA) is 47.0 Å². The van der Waals surface area contributed by atoms with Crippen LogP contribution in [0.25, 0.3) is 10.9 Å².